The Labute approximate surface area is 152 Å². The van der Waals surface area contributed by atoms with E-state index >= 15 is 0 Å². The lowest BCUT2D eigenvalue weighted by Gasteiger charge is -2.06. The summed E-state index contributed by atoms with van der Waals surface area (Å²) in [7, 11) is 1.59. The molecule has 2 aromatic carbocycles. The van der Waals surface area contributed by atoms with Gasteiger partial charge in [-0.2, -0.15) is 0 Å². The normalized spacial score (nSPS) is 10.5. The minimum absolute atomic E-state index is 0.142. The molecule has 0 fully saturated rings. The van der Waals surface area contributed by atoms with Gasteiger partial charge in [-0.15, -0.1) is 11.3 Å². The molecule has 0 amide bonds. The van der Waals surface area contributed by atoms with Crippen LogP contribution in [0.1, 0.15) is 16.1 Å². The molecular weight excluding hydrogens is 365 g/mol. The van der Waals surface area contributed by atoms with Crippen LogP contribution in [-0.4, -0.2) is 18.1 Å². The Hall–Kier alpha value is -2.44. The summed E-state index contributed by atoms with van der Waals surface area (Å²) in [6.07, 6.45) is 0. The van der Waals surface area contributed by atoms with Gasteiger partial charge in [0.2, 0.25) is 0 Å². The fraction of sp³-hybridized carbons (Fsp3) is 0.111. The highest BCUT2D eigenvalue weighted by molar-refractivity contribution is 7.13. The van der Waals surface area contributed by atoms with Crippen LogP contribution in [0.2, 0.25) is 5.02 Å². The number of esters is 1. The number of ether oxygens (including phenoxy) is 2. The first kappa shape index (κ1) is 17.4. The number of hydrogen-bond acceptors (Lipinski definition) is 5. The summed E-state index contributed by atoms with van der Waals surface area (Å²) >= 11 is 7.23. The molecule has 0 aliphatic heterocycles. The number of rotatable bonds is 5. The van der Waals surface area contributed by atoms with E-state index in [9.17, 15) is 9.18 Å². The number of thiazole rings is 1. The van der Waals surface area contributed by atoms with Gasteiger partial charge in [-0.3, -0.25) is 0 Å². The first-order valence-electron chi connectivity index (χ1n) is 7.28. The van der Waals surface area contributed by atoms with E-state index in [4.69, 9.17) is 21.1 Å². The summed E-state index contributed by atoms with van der Waals surface area (Å²) in [6.45, 7) is -0.250. The van der Waals surface area contributed by atoms with E-state index < -0.39 is 11.8 Å². The number of hydrogen-bond donors (Lipinski definition) is 0. The van der Waals surface area contributed by atoms with Gasteiger partial charge < -0.3 is 9.47 Å². The predicted octanol–water partition coefficient (Wildman–Crippen LogP) is 4.97. The second-order valence-corrected chi connectivity index (χ2v) is 6.31. The Morgan fingerprint density at radius 1 is 1.24 bits per heavy atom. The molecule has 3 rings (SSSR count). The summed E-state index contributed by atoms with van der Waals surface area (Å²) in [6, 6.07) is 11.6. The smallest absolute Gasteiger partial charge is 0.358 e. The van der Waals surface area contributed by atoms with E-state index in [1.165, 1.54) is 23.5 Å². The number of aromatic nitrogens is 1. The number of carbonyl (C=O) groups is 1. The Kier molecular flexibility index (Phi) is 5.31. The highest BCUT2D eigenvalue weighted by atomic mass is 35.5. The Morgan fingerprint density at radius 3 is 2.68 bits per heavy atom. The molecule has 0 unspecified atom stereocenters. The van der Waals surface area contributed by atoms with Gasteiger partial charge in [-0.05, 0) is 36.4 Å². The van der Waals surface area contributed by atoms with Gasteiger partial charge in [0.05, 0.1) is 12.1 Å². The van der Waals surface area contributed by atoms with Crippen molar-refractivity contribution in [1.82, 2.24) is 4.98 Å². The number of benzene rings is 2. The minimum Gasteiger partial charge on any atom is -0.497 e. The quantitative estimate of drug-likeness (QED) is 0.589. The number of halogens is 2. The van der Waals surface area contributed by atoms with Gasteiger partial charge in [0, 0.05) is 16.5 Å². The molecule has 0 spiro atoms. The number of methoxy groups -OCH3 is 1. The van der Waals surface area contributed by atoms with Crippen LogP contribution in [0.25, 0.3) is 10.6 Å². The van der Waals surface area contributed by atoms with Crippen LogP contribution >= 0.6 is 22.9 Å². The van der Waals surface area contributed by atoms with Crippen LogP contribution in [0.4, 0.5) is 4.39 Å². The molecule has 0 bridgehead atoms. The fourth-order valence-electron chi connectivity index (χ4n) is 2.12. The molecule has 0 radical (unpaired) electrons. The summed E-state index contributed by atoms with van der Waals surface area (Å²) in [5.41, 5.74) is 1.17. The van der Waals surface area contributed by atoms with Gasteiger partial charge in [-0.1, -0.05) is 17.7 Å². The molecule has 25 heavy (non-hydrogen) atoms. The first-order chi connectivity index (χ1) is 12.1. The largest absolute Gasteiger partial charge is 0.497 e. The minimum atomic E-state index is -0.629. The highest BCUT2D eigenvalue weighted by Gasteiger charge is 2.15. The van der Waals surface area contributed by atoms with Crippen LogP contribution in [-0.2, 0) is 11.3 Å². The van der Waals surface area contributed by atoms with Gasteiger partial charge >= 0.3 is 5.97 Å². The average Bonchev–Trinajstić information content (AvgIpc) is 3.11. The van der Waals surface area contributed by atoms with Crippen molar-refractivity contribution in [1.29, 1.82) is 0 Å². The maximum Gasteiger partial charge on any atom is 0.358 e. The van der Waals surface area contributed by atoms with Crippen molar-refractivity contribution in [3.8, 4) is 16.3 Å². The molecule has 4 nitrogen and oxygen atoms in total. The topological polar surface area (TPSA) is 48.4 Å². The van der Waals surface area contributed by atoms with Crippen molar-refractivity contribution in [3.05, 3.63) is 69.9 Å². The molecule has 3 aromatic rings. The van der Waals surface area contributed by atoms with E-state index in [-0.39, 0.29) is 22.9 Å². The van der Waals surface area contributed by atoms with Gasteiger partial charge in [0.15, 0.2) is 5.69 Å². The van der Waals surface area contributed by atoms with E-state index in [0.717, 1.165) is 11.3 Å². The first-order valence-corrected chi connectivity index (χ1v) is 8.54. The van der Waals surface area contributed by atoms with Crippen molar-refractivity contribution in [3.63, 3.8) is 0 Å². The number of nitrogens with zero attached hydrogens (tertiary/aromatic N) is 1. The third-order valence-electron chi connectivity index (χ3n) is 3.46. The van der Waals surface area contributed by atoms with Crippen molar-refractivity contribution < 1.29 is 18.7 Å². The maximum absolute atomic E-state index is 13.7. The van der Waals surface area contributed by atoms with E-state index in [2.05, 4.69) is 4.98 Å². The lowest BCUT2D eigenvalue weighted by Crippen LogP contribution is -2.07. The molecule has 128 valence electrons. The van der Waals surface area contributed by atoms with E-state index in [0.29, 0.717) is 5.01 Å². The second kappa shape index (κ2) is 7.63. The molecule has 0 saturated heterocycles. The monoisotopic (exact) mass is 377 g/mol. The van der Waals surface area contributed by atoms with Crippen LogP contribution in [0.5, 0.6) is 5.75 Å². The number of carbonyl (C=O) groups excluding carboxylic acids is 1. The third kappa shape index (κ3) is 3.97. The SMILES string of the molecule is COc1ccc(-c2nc(C(=O)OCc3c(F)cccc3Cl)cs2)cc1. The molecule has 0 N–H and O–H groups in total. The highest BCUT2D eigenvalue weighted by Crippen LogP contribution is 2.26. The molecular formula is C18H13ClFNO3S. The molecule has 1 aromatic heterocycles. The fourth-order valence-corrected chi connectivity index (χ4v) is 3.13. The van der Waals surface area contributed by atoms with Crippen LogP contribution in [0, 0.1) is 5.82 Å². The third-order valence-corrected chi connectivity index (χ3v) is 4.71. The molecule has 7 heteroatoms. The van der Waals surface area contributed by atoms with Crippen molar-refractivity contribution in [2.24, 2.45) is 0 Å². The summed E-state index contributed by atoms with van der Waals surface area (Å²) < 4.78 is 23.9. The van der Waals surface area contributed by atoms with Crippen LogP contribution < -0.4 is 4.74 Å². The van der Waals surface area contributed by atoms with Crippen LogP contribution in [0.3, 0.4) is 0 Å². The predicted molar refractivity (Wildman–Crippen MR) is 94.6 cm³/mol. The Bertz CT molecular complexity index is 875. The van der Waals surface area contributed by atoms with Gasteiger partial charge in [0.1, 0.15) is 23.2 Å². The Balaban J connectivity index is 1.70. The molecule has 1 heterocycles. The molecule has 0 saturated carbocycles. The summed E-state index contributed by atoms with van der Waals surface area (Å²) in [5.74, 6) is -0.408. The molecule has 0 atom stereocenters. The molecule has 0 aliphatic rings. The van der Waals surface area contributed by atoms with Crippen molar-refractivity contribution in [2.45, 2.75) is 6.61 Å². The standard InChI is InChI=1S/C18H13ClFNO3S/c1-23-12-7-5-11(6-8-12)17-21-16(10-25-17)18(22)24-9-13-14(19)3-2-4-15(13)20/h2-8,10H,9H2,1H3. The molecule has 0 aliphatic carbocycles. The van der Waals surface area contributed by atoms with Gasteiger partial charge in [0.25, 0.3) is 0 Å². The van der Waals surface area contributed by atoms with Gasteiger partial charge in [-0.25, -0.2) is 14.2 Å². The zero-order chi connectivity index (χ0) is 17.8. The zero-order valence-electron chi connectivity index (χ0n) is 13.2. The zero-order valence-corrected chi connectivity index (χ0v) is 14.7. The lowest BCUT2D eigenvalue weighted by molar-refractivity contribution is 0.0463. The van der Waals surface area contributed by atoms with Crippen molar-refractivity contribution >= 4 is 28.9 Å². The lowest BCUT2D eigenvalue weighted by atomic mass is 10.2. The maximum atomic E-state index is 13.7. The van der Waals surface area contributed by atoms with Crippen molar-refractivity contribution in [2.75, 3.05) is 7.11 Å². The second-order valence-electron chi connectivity index (χ2n) is 5.04. The summed E-state index contributed by atoms with van der Waals surface area (Å²) in [5, 5.41) is 2.49. The van der Waals surface area contributed by atoms with Crippen LogP contribution in [0.15, 0.2) is 47.8 Å². The van der Waals surface area contributed by atoms with E-state index in [1.54, 1.807) is 18.6 Å². The van der Waals surface area contributed by atoms with E-state index in [1.807, 2.05) is 24.3 Å². The average molecular weight is 378 g/mol. The summed E-state index contributed by atoms with van der Waals surface area (Å²) in [4.78, 5) is 16.4. The Morgan fingerprint density at radius 2 is 2.00 bits per heavy atom.